The lowest BCUT2D eigenvalue weighted by molar-refractivity contribution is 0.111. The zero-order chi connectivity index (χ0) is 16.9. The van der Waals surface area contributed by atoms with Gasteiger partial charge in [0.25, 0.3) is 0 Å². The van der Waals surface area contributed by atoms with Crippen LogP contribution in [-0.2, 0) is 0 Å². The number of nitrogens with zero attached hydrogens (tertiary/aromatic N) is 3. The zero-order valence-corrected chi connectivity index (χ0v) is 12.6. The van der Waals surface area contributed by atoms with Crippen LogP contribution in [0, 0.1) is 0 Å². The molecule has 122 valence electrons. The molecule has 0 amide bonds. The van der Waals surface area contributed by atoms with Crippen molar-refractivity contribution in [1.82, 2.24) is 15.0 Å². The van der Waals surface area contributed by atoms with Gasteiger partial charge in [0, 0.05) is 5.56 Å². The van der Waals surface area contributed by atoms with E-state index in [2.05, 4.69) is 15.0 Å². The fourth-order valence-corrected chi connectivity index (χ4v) is 3.22. The summed E-state index contributed by atoms with van der Waals surface area (Å²) >= 11 is 1.12. The maximum absolute atomic E-state index is 12.7. The van der Waals surface area contributed by atoms with E-state index in [0.717, 1.165) is 23.5 Å². The van der Waals surface area contributed by atoms with Crippen LogP contribution in [0.4, 0.5) is 19.4 Å². The normalized spacial score (nSPS) is 15.2. The predicted octanol–water partition coefficient (Wildman–Crippen LogP) is 5.22. The van der Waals surface area contributed by atoms with Crippen LogP contribution in [0.1, 0.15) is 10.6 Å². The molecule has 2 heterocycles. The van der Waals surface area contributed by atoms with E-state index >= 15 is 0 Å². The molecule has 11 heteroatoms. The van der Waals surface area contributed by atoms with Crippen LogP contribution >= 0.6 is 21.6 Å². The molecule has 0 radical (unpaired) electrons. The maximum Gasteiger partial charge on any atom is 0.310 e. The Morgan fingerprint density at radius 2 is 1.65 bits per heavy atom. The molecule has 0 bridgehead atoms. The largest absolute Gasteiger partial charge is 0.310 e. The van der Waals surface area contributed by atoms with Gasteiger partial charge in [-0.2, -0.15) is 0 Å². The van der Waals surface area contributed by atoms with E-state index in [4.69, 9.17) is 0 Å². The summed E-state index contributed by atoms with van der Waals surface area (Å²) in [5, 5.41) is 0. The summed E-state index contributed by atoms with van der Waals surface area (Å²) in [5.41, 5.74) is 1.94. The molecule has 0 atom stereocenters. The molecular weight excluding hydrogens is 361 g/mol. The quantitative estimate of drug-likeness (QED) is 0.470. The molecule has 0 N–H and O–H groups in total. The molecule has 2 aromatic heterocycles. The third kappa shape index (κ3) is 3.01. The Bertz CT molecular complexity index is 922. The fraction of sp³-hybridized carbons (Fsp3) is 0. The summed E-state index contributed by atoms with van der Waals surface area (Å²) in [5.74, 6) is -0.173. The summed E-state index contributed by atoms with van der Waals surface area (Å²) in [7, 11) is -9.73. The van der Waals surface area contributed by atoms with Gasteiger partial charge in [-0.05, 0) is 12.1 Å². The summed E-state index contributed by atoms with van der Waals surface area (Å²) in [4.78, 5) is 21.0. The minimum absolute atomic E-state index is 0.104. The smallest absolute Gasteiger partial charge is 0.294 e. The van der Waals surface area contributed by atoms with Gasteiger partial charge in [0.15, 0.2) is 12.1 Å². The standard InChI is InChI=1S/C12H6F5N3OS2/c13-23(14,15,16,17)8-3-1-7(2-4-8)10-11-12(22-6-18-11)20-9(5-21)19-10/h1-6H. The van der Waals surface area contributed by atoms with Gasteiger partial charge < -0.3 is 0 Å². The second kappa shape index (κ2) is 4.23. The Hall–Kier alpha value is -2.14. The molecule has 0 aliphatic rings. The third-order valence-corrected chi connectivity index (χ3v) is 4.78. The number of aromatic nitrogens is 3. The average molecular weight is 367 g/mol. The van der Waals surface area contributed by atoms with E-state index in [1.807, 2.05) is 0 Å². The van der Waals surface area contributed by atoms with Crippen molar-refractivity contribution in [3.63, 3.8) is 0 Å². The maximum atomic E-state index is 12.7. The predicted molar refractivity (Wildman–Crippen MR) is 77.4 cm³/mol. The monoisotopic (exact) mass is 367 g/mol. The molecule has 0 aliphatic carbocycles. The molecule has 4 nitrogen and oxygen atoms in total. The van der Waals surface area contributed by atoms with E-state index in [0.29, 0.717) is 11.1 Å². The Balaban J connectivity index is 2.18. The van der Waals surface area contributed by atoms with Crippen molar-refractivity contribution in [3.05, 3.63) is 35.6 Å². The van der Waals surface area contributed by atoms with E-state index in [-0.39, 0.29) is 34.7 Å². The molecule has 0 fully saturated rings. The highest BCUT2D eigenvalue weighted by molar-refractivity contribution is 8.45. The van der Waals surface area contributed by atoms with Gasteiger partial charge in [-0.1, -0.05) is 31.6 Å². The van der Waals surface area contributed by atoms with Crippen LogP contribution < -0.4 is 0 Å². The Morgan fingerprint density at radius 1 is 1.00 bits per heavy atom. The van der Waals surface area contributed by atoms with Gasteiger partial charge in [0.1, 0.15) is 20.9 Å². The topological polar surface area (TPSA) is 55.7 Å². The first-order valence-electron chi connectivity index (χ1n) is 5.89. The number of aldehydes is 1. The summed E-state index contributed by atoms with van der Waals surface area (Å²) in [6, 6.07) is 2.31. The van der Waals surface area contributed by atoms with Gasteiger partial charge in [-0.15, -0.1) is 11.3 Å². The van der Waals surface area contributed by atoms with Gasteiger partial charge in [0.2, 0.25) is 0 Å². The molecule has 0 saturated heterocycles. The molecule has 1 aromatic carbocycles. The Morgan fingerprint density at radius 3 is 2.22 bits per heavy atom. The van der Waals surface area contributed by atoms with Gasteiger partial charge in [-0.25, -0.2) is 15.0 Å². The van der Waals surface area contributed by atoms with Crippen LogP contribution in [0.15, 0.2) is 34.7 Å². The van der Waals surface area contributed by atoms with E-state index in [9.17, 15) is 24.2 Å². The molecule has 3 rings (SSSR count). The minimum atomic E-state index is -9.73. The average Bonchev–Trinajstić information content (AvgIpc) is 2.92. The summed E-state index contributed by atoms with van der Waals surface area (Å²) in [6.45, 7) is 0. The minimum Gasteiger partial charge on any atom is -0.294 e. The SMILES string of the molecule is O=Cc1nc(-c2ccc(S(F)(F)(F)(F)F)cc2)c2ncsc2n1. The highest BCUT2D eigenvalue weighted by Gasteiger charge is 2.65. The van der Waals surface area contributed by atoms with Crippen LogP contribution in [0.5, 0.6) is 0 Å². The number of hydrogen-bond donors (Lipinski definition) is 0. The van der Waals surface area contributed by atoms with Gasteiger partial charge >= 0.3 is 10.2 Å². The zero-order valence-electron chi connectivity index (χ0n) is 10.9. The fourth-order valence-electron chi connectivity index (χ4n) is 1.90. The van der Waals surface area contributed by atoms with Crippen molar-refractivity contribution in [3.8, 4) is 11.3 Å². The number of hydrogen-bond acceptors (Lipinski definition) is 5. The lowest BCUT2D eigenvalue weighted by Crippen LogP contribution is -2.05. The molecule has 0 aliphatic heterocycles. The second-order valence-electron chi connectivity index (χ2n) is 4.55. The highest BCUT2D eigenvalue weighted by Crippen LogP contribution is 3.02. The third-order valence-electron chi connectivity index (χ3n) is 2.89. The first-order valence-corrected chi connectivity index (χ1v) is 8.72. The van der Waals surface area contributed by atoms with Crippen LogP contribution in [0.3, 0.4) is 0 Å². The lowest BCUT2D eigenvalue weighted by Gasteiger charge is -2.40. The lowest BCUT2D eigenvalue weighted by atomic mass is 10.1. The van der Waals surface area contributed by atoms with Crippen molar-refractivity contribution in [2.75, 3.05) is 0 Å². The van der Waals surface area contributed by atoms with Crippen LogP contribution in [0.2, 0.25) is 0 Å². The van der Waals surface area contributed by atoms with E-state index < -0.39 is 15.1 Å². The van der Waals surface area contributed by atoms with Crippen LogP contribution in [-0.4, -0.2) is 21.2 Å². The first-order chi connectivity index (χ1) is 10.5. The molecule has 23 heavy (non-hydrogen) atoms. The van der Waals surface area contributed by atoms with Crippen molar-refractivity contribution < 1.29 is 24.2 Å². The van der Waals surface area contributed by atoms with E-state index in [1.54, 1.807) is 0 Å². The van der Waals surface area contributed by atoms with Gasteiger partial charge in [-0.3, -0.25) is 4.79 Å². The number of carbonyl (C=O) groups is 1. The van der Waals surface area contributed by atoms with Gasteiger partial charge in [0.05, 0.1) is 5.51 Å². The first kappa shape index (κ1) is 15.7. The number of thiazole rings is 1. The van der Waals surface area contributed by atoms with Crippen molar-refractivity contribution in [2.24, 2.45) is 0 Å². The Labute approximate surface area is 129 Å². The summed E-state index contributed by atoms with van der Waals surface area (Å²) in [6.07, 6.45) is 0.381. The highest BCUT2D eigenvalue weighted by atomic mass is 32.5. The van der Waals surface area contributed by atoms with E-state index in [1.165, 1.54) is 5.51 Å². The number of halogens is 5. The second-order valence-corrected chi connectivity index (χ2v) is 7.79. The number of rotatable bonds is 3. The van der Waals surface area contributed by atoms with Crippen molar-refractivity contribution >= 4 is 38.2 Å². The molecule has 0 unspecified atom stereocenters. The Kier molecular flexibility index (Phi) is 2.90. The van der Waals surface area contributed by atoms with Crippen molar-refractivity contribution in [1.29, 1.82) is 0 Å². The van der Waals surface area contributed by atoms with Crippen molar-refractivity contribution in [2.45, 2.75) is 4.90 Å². The van der Waals surface area contributed by atoms with Crippen LogP contribution in [0.25, 0.3) is 21.6 Å². The molecule has 0 spiro atoms. The molecular formula is C12H6F5N3OS2. The summed E-state index contributed by atoms with van der Waals surface area (Å²) < 4.78 is 63.6. The number of benzene rings is 1. The molecule has 0 saturated carbocycles. The molecule has 3 aromatic rings. The number of fused-ring (bicyclic) bond motifs is 1. The number of carbonyl (C=O) groups excluding carboxylic acids is 1.